The minimum atomic E-state index is -0.244. The van der Waals surface area contributed by atoms with Crippen LogP contribution in [-0.4, -0.2) is 5.97 Å². The third-order valence-electron chi connectivity index (χ3n) is 1.61. The summed E-state index contributed by atoms with van der Waals surface area (Å²) in [6, 6.07) is 9.66. The number of esters is 1. The second-order valence-electron chi connectivity index (χ2n) is 2.66. The Balaban J connectivity index is 0.000000791. The SMILES string of the molecule is CC.CC(=O)OC(C)c1ccccc1. The van der Waals surface area contributed by atoms with Crippen molar-refractivity contribution in [3.8, 4) is 0 Å². The average molecular weight is 194 g/mol. The third kappa shape index (κ3) is 4.65. The minimum Gasteiger partial charge on any atom is -0.458 e. The fraction of sp³-hybridized carbons (Fsp3) is 0.417. The average Bonchev–Trinajstić information content (AvgIpc) is 2.21. The highest BCUT2D eigenvalue weighted by molar-refractivity contribution is 5.66. The summed E-state index contributed by atoms with van der Waals surface area (Å²) in [4.78, 5) is 10.6. The van der Waals surface area contributed by atoms with E-state index in [4.69, 9.17) is 4.74 Å². The van der Waals surface area contributed by atoms with Crippen LogP contribution < -0.4 is 0 Å². The van der Waals surface area contributed by atoms with Crippen molar-refractivity contribution >= 4 is 5.97 Å². The molecular formula is C12H18O2. The van der Waals surface area contributed by atoms with Gasteiger partial charge < -0.3 is 4.74 Å². The molecule has 0 bridgehead atoms. The van der Waals surface area contributed by atoms with Gasteiger partial charge in [0.2, 0.25) is 0 Å². The molecule has 14 heavy (non-hydrogen) atoms. The normalized spacial score (nSPS) is 10.9. The first-order valence-electron chi connectivity index (χ1n) is 4.92. The van der Waals surface area contributed by atoms with Gasteiger partial charge in [-0.15, -0.1) is 0 Å². The molecule has 0 N–H and O–H groups in total. The van der Waals surface area contributed by atoms with Crippen LogP contribution in [0.15, 0.2) is 30.3 Å². The summed E-state index contributed by atoms with van der Waals surface area (Å²) in [5.74, 6) is -0.244. The van der Waals surface area contributed by atoms with Gasteiger partial charge in [0, 0.05) is 6.92 Å². The first-order valence-corrected chi connectivity index (χ1v) is 4.92. The smallest absolute Gasteiger partial charge is 0.303 e. The van der Waals surface area contributed by atoms with Gasteiger partial charge in [-0.3, -0.25) is 4.79 Å². The van der Waals surface area contributed by atoms with Crippen LogP contribution >= 0.6 is 0 Å². The molecule has 0 fully saturated rings. The van der Waals surface area contributed by atoms with Crippen LogP contribution in [0.25, 0.3) is 0 Å². The van der Waals surface area contributed by atoms with Crippen LogP contribution in [-0.2, 0) is 9.53 Å². The lowest BCUT2D eigenvalue weighted by Gasteiger charge is -2.11. The number of hydrogen-bond acceptors (Lipinski definition) is 2. The molecule has 1 aromatic carbocycles. The van der Waals surface area contributed by atoms with Crippen LogP contribution in [0.1, 0.15) is 39.4 Å². The summed E-state index contributed by atoms with van der Waals surface area (Å²) in [5, 5.41) is 0. The Kier molecular flexibility index (Phi) is 6.46. The van der Waals surface area contributed by atoms with Crippen molar-refractivity contribution < 1.29 is 9.53 Å². The zero-order valence-electron chi connectivity index (χ0n) is 9.28. The maximum absolute atomic E-state index is 10.6. The molecule has 0 aromatic heterocycles. The standard InChI is InChI=1S/C10H12O2.C2H6/c1-8(12-9(2)11)10-6-4-3-5-7-10;1-2/h3-8H,1-2H3;1-2H3. The van der Waals surface area contributed by atoms with Crippen LogP contribution in [0.3, 0.4) is 0 Å². The molecule has 0 aliphatic carbocycles. The van der Waals surface area contributed by atoms with Gasteiger partial charge in [-0.2, -0.15) is 0 Å². The molecular weight excluding hydrogens is 176 g/mol. The first-order chi connectivity index (χ1) is 6.70. The van der Waals surface area contributed by atoms with E-state index < -0.39 is 0 Å². The van der Waals surface area contributed by atoms with Crippen molar-refractivity contribution in [2.24, 2.45) is 0 Å². The van der Waals surface area contributed by atoms with E-state index in [2.05, 4.69) is 0 Å². The highest BCUT2D eigenvalue weighted by Gasteiger charge is 2.06. The summed E-state index contributed by atoms with van der Waals surface area (Å²) < 4.78 is 5.00. The van der Waals surface area contributed by atoms with E-state index in [-0.39, 0.29) is 12.1 Å². The zero-order chi connectivity index (χ0) is 11.0. The second-order valence-corrected chi connectivity index (χ2v) is 2.66. The Morgan fingerprint density at radius 2 is 1.71 bits per heavy atom. The lowest BCUT2D eigenvalue weighted by atomic mass is 10.1. The monoisotopic (exact) mass is 194 g/mol. The predicted molar refractivity (Wildman–Crippen MR) is 58.0 cm³/mol. The number of benzene rings is 1. The van der Waals surface area contributed by atoms with Crippen molar-refractivity contribution in [1.82, 2.24) is 0 Å². The topological polar surface area (TPSA) is 26.3 Å². The van der Waals surface area contributed by atoms with Crippen molar-refractivity contribution in [3.05, 3.63) is 35.9 Å². The molecule has 1 rings (SSSR count). The molecule has 1 aromatic rings. The molecule has 0 aliphatic rings. The molecule has 0 saturated heterocycles. The number of ether oxygens (including phenoxy) is 1. The summed E-state index contributed by atoms with van der Waals surface area (Å²) in [6.07, 6.45) is -0.149. The Morgan fingerprint density at radius 3 is 2.14 bits per heavy atom. The van der Waals surface area contributed by atoms with E-state index in [9.17, 15) is 4.79 Å². The molecule has 0 radical (unpaired) electrons. The van der Waals surface area contributed by atoms with Gasteiger partial charge >= 0.3 is 5.97 Å². The molecule has 78 valence electrons. The van der Waals surface area contributed by atoms with Crippen LogP contribution in [0.5, 0.6) is 0 Å². The molecule has 2 heteroatoms. The molecule has 0 aliphatic heterocycles. The Bertz CT molecular complexity index is 254. The van der Waals surface area contributed by atoms with Crippen LogP contribution in [0, 0.1) is 0 Å². The van der Waals surface area contributed by atoms with Crippen LogP contribution in [0.2, 0.25) is 0 Å². The van der Waals surface area contributed by atoms with Gasteiger partial charge in [0.15, 0.2) is 0 Å². The first kappa shape index (κ1) is 12.7. The molecule has 1 unspecified atom stereocenters. The lowest BCUT2D eigenvalue weighted by Crippen LogP contribution is -2.04. The largest absolute Gasteiger partial charge is 0.458 e. The summed E-state index contributed by atoms with van der Waals surface area (Å²) in [6.45, 7) is 7.27. The van der Waals surface area contributed by atoms with Gasteiger partial charge in [-0.1, -0.05) is 44.2 Å². The number of carbonyl (C=O) groups excluding carboxylic acids is 1. The molecule has 1 atom stereocenters. The van der Waals surface area contributed by atoms with E-state index in [0.717, 1.165) is 5.56 Å². The predicted octanol–water partition coefficient (Wildman–Crippen LogP) is 3.34. The maximum Gasteiger partial charge on any atom is 0.303 e. The third-order valence-corrected chi connectivity index (χ3v) is 1.61. The van der Waals surface area contributed by atoms with Crippen molar-refractivity contribution in [1.29, 1.82) is 0 Å². The van der Waals surface area contributed by atoms with E-state index in [1.165, 1.54) is 6.92 Å². The highest BCUT2D eigenvalue weighted by atomic mass is 16.5. The summed E-state index contributed by atoms with van der Waals surface area (Å²) in [7, 11) is 0. The van der Waals surface area contributed by atoms with E-state index in [0.29, 0.717) is 0 Å². The summed E-state index contributed by atoms with van der Waals surface area (Å²) in [5.41, 5.74) is 1.02. The van der Waals surface area contributed by atoms with Gasteiger partial charge in [0.1, 0.15) is 6.10 Å². The Morgan fingerprint density at radius 1 is 1.21 bits per heavy atom. The fourth-order valence-electron chi connectivity index (χ4n) is 1.04. The Labute approximate surface area is 85.9 Å². The fourth-order valence-corrected chi connectivity index (χ4v) is 1.04. The highest BCUT2D eigenvalue weighted by Crippen LogP contribution is 2.15. The number of carbonyl (C=O) groups is 1. The van der Waals surface area contributed by atoms with Crippen molar-refractivity contribution in [3.63, 3.8) is 0 Å². The maximum atomic E-state index is 10.6. The van der Waals surface area contributed by atoms with Gasteiger partial charge in [0.25, 0.3) is 0 Å². The molecule has 0 saturated carbocycles. The molecule has 0 spiro atoms. The summed E-state index contributed by atoms with van der Waals surface area (Å²) >= 11 is 0. The van der Waals surface area contributed by atoms with Crippen molar-refractivity contribution in [2.45, 2.75) is 33.8 Å². The quantitative estimate of drug-likeness (QED) is 0.675. The van der Waals surface area contributed by atoms with E-state index in [1.54, 1.807) is 0 Å². The Hall–Kier alpha value is -1.31. The van der Waals surface area contributed by atoms with E-state index in [1.807, 2.05) is 51.1 Å². The van der Waals surface area contributed by atoms with Crippen LogP contribution in [0.4, 0.5) is 0 Å². The molecule has 0 amide bonds. The second kappa shape index (κ2) is 7.13. The number of hydrogen-bond donors (Lipinski definition) is 0. The minimum absolute atomic E-state index is 0.149. The van der Waals surface area contributed by atoms with Crippen molar-refractivity contribution in [2.75, 3.05) is 0 Å². The van der Waals surface area contributed by atoms with Gasteiger partial charge in [0.05, 0.1) is 0 Å². The van der Waals surface area contributed by atoms with Gasteiger partial charge in [-0.25, -0.2) is 0 Å². The lowest BCUT2D eigenvalue weighted by molar-refractivity contribution is -0.145. The number of rotatable bonds is 2. The van der Waals surface area contributed by atoms with E-state index >= 15 is 0 Å². The zero-order valence-corrected chi connectivity index (χ0v) is 9.28. The van der Waals surface area contributed by atoms with Gasteiger partial charge in [-0.05, 0) is 12.5 Å². The molecule has 2 nitrogen and oxygen atoms in total. The molecule has 0 heterocycles.